The molecule has 0 fully saturated rings. The van der Waals surface area contributed by atoms with Crippen LogP contribution in [0.3, 0.4) is 0 Å². The van der Waals surface area contributed by atoms with Gasteiger partial charge in [0.05, 0.1) is 5.92 Å². The van der Waals surface area contributed by atoms with Crippen LogP contribution in [0.15, 0.2) is 73.1 Å². The van der Waals surface area contributed by atoms with Crippen LogP contribution in [0.2, 0.25) is 0 Å². The van der Waals surface area contributed by atoms with Gasteiger partial charge >= 0.3 is 0 Å². The van der Waals surface area contributed by atoms with Crippen molar-refractivity contribution in [1.29, 1.82) is 0 Å². The van der Waals surface area contributed by atoms with Crippen molar-refractivity contribution in [2.45, 2.75) is 19.8 Å². The first-order valence-corrected chi connectivity index (χ1v) is 9.01. The molecule has 4 nitrogen and oxygen atoms in total. The number of pyridine rings is 1. The van der Waals surface area contributed by atoms with Crippen LogP contribution < -0.4 is 5.32 Å². The molecule has 0 radical (unpaired) electrons. The van der Waals surface area contributed by atoms with Gasteiger partial charge in [-0.2, -0.15) is 0 Å². The van der Waals surface area contributed by atoms with Gasteiger partial charge in [0.2, 0.25) is 5.91 Å². The van der Waals surface area contributed by atoms with Gasteiger partial charge in [-0.15, -0.1) is 0 Å². The van der Waals surface area contributed by atoms with E-state index in [1.54, 1.807) is 0 Å². The summed E-state index contributed by atoms with van der Waals surface area (Å²) in [5, 5.41) is 4.13. The number of aromatic amines is 1. The monoisotopic (exact) mass is 355 g/mol. The summed E-state index contributed by atoms with van der Waals surface area (Å²) in [4.78, 5) is 20.1. The number of fused-ring (bicyclic) bond motifs is 1. The number of H-pyrrole nitrogens is 1. The van der Waals surface area contributed by atoms with Crippen molar-refractivity contribution in [2.75, 3.05) is 5.32 Å². The molecule has 1 amide bonds. The van der Waals surface area contributed by atoms with Crippen molar-refractivity contribution in [3.05, 3.63) is 84.3 Å². The number of benzene rings is 2. The number of hydrogen-bond acceptors (Lipinski definition) is 2. The molecule has 2 aromatic heterocycles. The molecule has 4 heteroatoms. The van der Waals surface area contributed by atoms with Crippen LogP contribution in [-0.2, 0) is 4.79 Å². The number of rotatable bonds is 4. The van der Waals surface area contributed by atoms with Gasteiger partial charge in [0.25, 0.3) is 0 Å². The second kappa shape index (κ2) is 7.08. The Balaban J connectivity index is 1.48. The maximum atomic E-state index is 12.7. The zero-order chi connectivity index (χ0) is 18.8. The first-order chi connectivity index (χ1) is 13.1. The Hall–Kier alpha value is -3.40. The first kappa shape index (κ1) is 17.0. The van der Waals surface area contributed by atoms with E-state index in [4.69, 9.17) is 0 Å². The highest BCUT2D eigenvalue weighted by molar-refractivity contribution is 5.96. The summed E-state index contributed by atoms with van der Waals surface area (Å²) in [7, 11) is 0. The van der Waals surface area contributed by atoms with Crippen LogP contribution in [0, 0.1) is 6.92 Å². The summed E-state index contributed by atoms with van der Waals surface area (Å²) in [6, 6.07) is 20.0. The Morgan fingerprint density at radius 2 is 1.81 bits per heavy atom. The van der Waals surface area contributed by atoms with E-state index in [-0.39, 0.29) is 11.8 Å². The van der Waals surface area contributed by atoms with Crippen LogP contribution in [-0.4, -0.2) is 15.9 Å². The molecule has 0 spiro atoms. The van der Waals surface area contributed by atoms with Crippen molar-refractivity contribution in [1.82, 2.24) is 9.97 Å². The zero-order valence-electron chi connectivity index (χ0n) is 15.4. The second-order valence-corrected chi connectivity index (χ2v) is 6.80. The zero-order valence-corrected chi connectivity index (χ0v) is 15.4. The Labute approximate surface area is 158 Å². The van der Waals surface area contributed by atoms with E-state index in [1.165, 1.54) is 0 Å². The van der Waals surface area contributed by atoms with Crippen molar-refractivity contribution >= 4 is 22.5 Å². The third-order valence-corrected chi connectivity index (χ3v) is 4.85. The van der Waals surface area contributed by atoms with Crippen LogP contribution in [0.5, 0.6) is 0 Å². The number of nitrogens with zero attached hydrogens (tertiary/aromatic N) is 1. The van der Waals surface area contributed by atoms with Gasteiger partial charge < -0.3 is 10.3 Å². The Morgan fingerprint density at radius 1 is 1.00 bits per heavy atom. The molecule has 2 aromatic carbocycles. The first-order valence-electron chi connectivity index (χ1n) is 9.01. The summed E-state index contributed by atoms with van der Waals surface area (Å²) >= 11 is 0. The number of aromatic nitrogens is 2. The van der Waals surface area contributed by atoms with Gasteiger partial charge in [-0.25, -0.2) is 0 Å². The van der Waals surface area contributed by atoms with Crippen LogP contribution in [0.4, 0.5) is 5.69 Å². The molecule has 1 atom stereocenters. The lowest BCUT2D eigenvalue weighted by molar-refractivity contribution is -0.117. The number of carbonyl (C=O) groups is 1. The van der Waals surface area contributed by atoms with Crippen molar-refractivity contribution in [3.63, 3.8) is 0 Å². The van der Waals surface area contributed by atoms with E-state index in [0.717, 1.165) is 39.0 Å². The molecule has 27 heavy (non-hydrogen) atoms. The maximum absolute atomic E-state index is 12.7. The van der Waals surface area contributed by atoms with E-state index < -0.39 is 0 Å². The van der Waals surface area contributed by atoms with Gasteiger partial charge in [0, 0.05) is 29.3 Å². The largest absolute Gasteiger partial charge is 0.361 e. The molecule has 4 rings (SSSR count). The minimum Gasteiger partial charge on any atom is -0.361 e. The van der Waals surface area contributed by atoms with E-state index in [9.17, 15) is 4.79 Å². The highest BCUT2D eigenvalue weighted by Gasteiger charge is 2.16. The molecule has 0 aliphatic heterocycles. The fraction of sp³-hybridized carbons (Fsp3) is 0.130. The fourth-order valence-corrected chi connectivity index (χ4v) is 3.21. The number of nitrogens with one attached hydrogen (secondary N) is 2. The average Bonchev–Trinajstić information content (AvgIpc) is 3.15. The van der Waals surface area contributed by atoms with Gasteiger partial charge in [-0.05, 0) is 78.4 Å². The molecule has 0 saturated carbocycles. The Bertz CT molecular complexity index is 1100. The number of hydrogen-bond donors (Lipinski definition) is 2. The molecule has 134 valence electrons. The average molecular weight is 355 g/mol. The molecular weight excluding hydrogens is 334 g/mol. The standard InChI is InChI=1S/C23H21N3O/c1-15-13-19(9-11-24-15)17-3-6-21(7-4-17)26-23(27)16(2)18-5-8-22-20(14-18)10-12-25-22/h3-14,16,25H,1-2H3,(H,26,27). The predicted octanol–water partition coefficient (Wildman–Crippen LogP) is 5.28. The smallest absolute Gasteiger partial charge is 0.231 e. The Kier molecular flexibility index (Phi) is 4.47. The Morgan fingerprint density at radius 3 is 2.59 bits per heavy atom. The summed E-state index contributed by atoms with van der Waals surface area (Å²) in [5.74, 6) is -0.246. The van der Waals surface area contributed by atoms with Gasteiger partial charge in [0.1, 0.15) is 0 Å². The van der Waals surface area contributed by atoms with E-state index in [1.807, 2.05) is 80.8 Å². The van der Waals surface area contributed by atoms with Crippen molar-refractivity contribution < 1.29 is 4.79 Å². The SMILES string of the molecule is Cc1cc(-c2ccc(NC(=O)C(C)c3ccc4[nH]ccc4c3)cc2)ccn1. The highest BCUT2D eigenvalue weighted by Crippen LogP contribution is 2.24. The van der Waals surface area contributed by atoms with Crippen LogP contribution in [0.25, 0.3) is 22.0 Å². The molecule has 4 aromatic rings. The third kappa shape index (κ3) is 3.60. The van der Waals surface area contributed by atoms with E-state index >= 15 is 0 Å². The maximum Gasteiger partial charge on any atom is 0.231 e. The van der Waals surface area contributed by atoms with Gasteiger partial charge in [-0.1, -0.05) is 18.2 Å². The third-order valence-electron chi connectivity index (χ3n) is 4.85. The normalized spacial score (nSPS) is 12.1. The molecule has 2 N–H and O–H groups in total. The summed E-state index contributed by atoms with van der Waals surface area (Å²) < 4.78 is 0. The summed E-state index contributed by atoms with van der Waals surface area (Å²) in [6.45, 7) is 3.90. The number of amides is 1. The van der Waals surface area contributed by atoms with E-state index in [0.29, 0.717) is 0 Å². The lowest BCUT2D eigenvalue weighted by Crippen LogP contribution is -2.18. The van der Waals surface area contributed by atoms with Crippen molar-refractivity contribution in [3.8, 4) is 11.1 Å². The van der Waals surface area contributed by atoms with Crippen LogP contribution >= 0.6 is 0 Å². The molecule has 0 aliphatic carbocycles. The minimum atomic E-state index is -0.230. The minimum absolute atomic E-state index is 0.0163. The number of anilines is 1. The summed E-state index contributed by atoms with van der Waals surface area (Å²) in [5.41, 5.74) is 6.08. The summed E-state index contributed by atoms with van der Waals surface area (Å²) in [6.07, 6.45) is 3.72. The van der Waals surface area contributed by atoms with Gasteiger partial charge in [-0.3, -0.25) is 9.78 Å². The lowest BCUT2D eigenvalue weighted by Gasteiger charge is -2.13. The lowest BCUT2D eigenvalue weighted by atomic mass is 9.98. The van der Waals surface area contributed by atoms with Gasteiger partial charge in [0.15, 0.2) is 0 Å². The van der Waals surface area contributed by atoms with Crippen LogP contribution in [0.1, 0.15) is 24.1 Å². The fourth-order valence-electron chi connectivity index (χ4n) is 3.21. The predicted molar refractivity (Wildman–Crippen MR) is 110 cm³/mol. The molecular formula is C23H21N3O. The van der Waals surface area contributed by atoms with Crippen molar-refractivity contribution in [2.24, 2.45) is 0 Å². The van der Waals surface area contributed by atoms with E-state index in [2.05, 4.69) is 21.4 Å². The quantitative estimate of drug-likeness (QED) is 0.523. The molecule has 1 unspecified atom stereocenters. The number of aryl methyl sites for hydroxylation is 1. The number of carbonyl (C=O) groups excluding carboxylic acids is 1. The molecule has 0 saturated heterocycles. The molecule has 0 aliphatic rings. The topological polar surface area (TPSA) is 57.8 Å². The molecule has 0 bridgehead atoms. The highest BCUT2D eigenvalue weighted by atomic mass is 16.1. The molecule has 2 heterocycles. The second-order valence-electron chi connectivity index (χ2n) is 6.80.